The van der Waals surface area contributed by atoms with E-state index in [0.717, 1.165) is 30.9 Å². The molecule has 0 amide bonds. The number of aromatic nitrogens is 3. The number of aromatic amines is 1. The van der Waals surface area contributed by atoms with Crippen LogP contribution < -0.4 is 5.32 Å². The maximum absolute atomic E-state index is 14.3. The van der Waals surface area contributed by atoms with E-state index in [4.69, 9.17) is 0 Å². The van der Waals surface area contributed by atoms with Crippen molar-refractivity contribution in [2.45, 2.75) is 24.8 Å². The number of Topliss-reactive ketones (excluding diaryl/α,β-unsaturated/α-hetero) is 1. The van der Waals surface area contributed by atoms with E-state index in [0.29, 0.717) is 29.2 Å². The zero-order chi connectivity index (χ0) is 21.7. The largest absolute Gasteiger partial charge is 0.384 e. The van der Waals surface area contributed by atoms with Gasteiger partial charge in [-0.1, -0.05) is 24.3 Å². The Morgan fingerprint density at radius 2 is 2.00 bits per heavy atom. The number of nitrogens with one attached hydrogen (secondary N) is 2. The molecule has 1 fully saturated rings. The van der Waals surface area contributed by atoms with Gasteiger partial charge in [0.25, 0.3) is 0 Å². The van der Waals surface area contributed by atoms with Gasteiger partial charge in [0.05, 0.1) is 11.6 Å². The maximum Gasteiger partial charge on any atom is 0.185 e. The number of carbonyl (C=O) groups is 1. The minimum Gasteiger partial charge on any atom is -0.384 e. The molecule has 2 atom stereocenters. The fourth-order valence-electron chi connectivity index (χ4n) is 5.01. The Kier molecular flexibility index (Phi) is 4.61. The molecule has 0 bridgehead atoms. The summed E-state index contributed by atoms with van der Waals surface area (Å²) in [5.41, 5.74) is 4.85. The number of ketones is 1. The Balaban J connectivity index is 1.43. The van der Waals surface area contributed by atoms with Crippen molar-refractivity contribution in [3.8, 4) is 0 Å². The van der Waals surface area contributed by atoms with Gasteiger partial charge in [-0.3, -0.25) is 19.8 Å². The van der Waals surface area contributed by atoms with Gasteiger partial charge in [0.15, 0.2) is 5.78 Å². The number of hydrogen-bond acceptors (Lipinski definition) is 6. The average molecular weight is 430 g/mol. The summed E-state index contributed by atoms with van der Waals surface area (Å²) in [6.07, 6.45) is 2.76. The molecule has 162 valence electrons. The van der Waals surface area contributed by atoms with Gasteiger partial charge in [-0.05, 0) is 42.8 Å². The van der Waals surface area contributed by atoms with Crippen LogP contribution in [0, 0.1) is 5.82 Å². The van der Waals surface area contributed by atoms with Crippen LogP contribution in [0.5, 0.6) is 0 Å². The van der Waals surface area contributed by atoms with Crippen LogP contribution in [0.4, 0.5) is 10.1 Å². The molecule has 4 heterocycles. The van der Waals surface area contributed by atoms with Crippen LogP contribution in [-0.4, -0.2) is 57.8 Å². The van der Waals surface area contributed by atoms with Gasteiger partial charge in [0.1, 0.15) is 24.5 Å². The minimum absolute atomic E-state index is 0.0113. The molecule has 0 radical (unpaired) electrons. The summed E-state index contributed by atoms with van der Waals surface area (Å²) >= 11 is 0. The SMILES string of the molecule is O=C1CN=C2c3c(cc(F)cc31)NCC(c1ccc(CN3CCC3)cc1)C2c1ncn[nH]1. The molecule has 1 aromatic heterocycles. The molecule has 1 saturated heterocycles. The number of likely N-dealkylation sites (tertiary alicyclic amines) is 1. The molecule has 0 saturated carbocycles. The fourth-order valence-corrected chi connectivity index (χ4v) is 5.01. The Morgan fingerprint density at radius 3 is 2.72 bits per heavy atom. The van der Waals surface area contributed by atoms with Gasteiger partial charge in [0, 0.05) is 35.8 Å². The van der Waals surface area contributed by atoms with Crippen LogP contribution in [0.15, 0.2) is 47.7 Å². The first-order chi connectivity index (χ1) is 15.7. The second-order valence-electron chi connectivity index (χ2n) is 8.71. The summed E-state index contributed by atoms with van der Waals surface area (Å²) in [5.74, 6) is -0.152. The smallest absolute Gasteiger partial charge is 0.185 e. The number of aliphatic imine (C=N–C) groups is 1. The number of anilines is 1. The highest BCUT2D eigenvalue weighted by atomic mass is 19.1. The molecule has 0 aliphatic carbocycles. The number of nitrogens with zero attached hydrogens (tertiary/aromatic N) is 4. The molecule has 7 nitrogen and oxygen atoms in total. The van der Waals surface area contributed by atoms with Crippen molar-refractivity contribution in [3.63, 3.8) is 0 Å². The molecule has 8 heteroatoms. The van der Waals surface area contributed by atoms with Gasteiger partial charge in [-0.25, -0.2) is 9.37 Å². The van der Waals surface area contributed by atoms with Gasteiger partial charge in [-0.15, -0.1) is 0 Å². The Bertz CT molecular complexity index is 1200. The highest BCUT2D eigenvalue weighted by Gasteiger charge is 2.39. The van der Waals surface area contributed by atoms with Crippen LogP contribution >= 0.6 is 0 Å². The molecule has 32 heavy (non-hydrogen) atoms. The standard InChI is InChI=1S/C24H23FN6O/c25-16-8-17-20(32)11-27-23-21(17)19(9-16)26-10-18(22(23)24-28-13-29-30-24)15-4-2-14(3-5-15)12-31-6-1-7-31/h2-5,8-9,13,18,22,26H,1,6-7,10-12H2,(H,28,29,30). The van der Waals surface area contributed by atoms with E-state index in [2.05, 4.69) is 54.7 Å². The van der Waals surface area contributed by atoms with E-state index < -0.39 is 5.82 Å². The van der Waals surface area contributed by atoms with E-state index >= 15 is 0 Å². The second-order valence-corrected chi connectivity index (χ2v) is 8.71. The molecule has 6 rings (SSSR count). The zero-order valence-electron chi connectivity index (χ0n) is 17.5. The highest BCUT2D eigenvalue weighted by Crippen LogP contribution is 2.42. The van der Waals surface area contributed by atoms with Crippen molar-refractivity contribution in [1.29, 1.82) is 0 Å². The molecule has 2 N–H and O–H groups in total. The number of halogens is 1. The van der Waals surface area contributed by atoms with Crippen molar-refractivity contribution in [2.75, 3.05) is 31.5 Å². The predicted octanol–water partition coefficient (Wildman–Crippen LogP) is 3.13. The lowest BCUT2D eigenvalue weighted by Gasteiger charge is -2.31. The van der Waals surface area contributed by atoms with Crippen LogP contribution in [0.3, 0.4) is 0 Å². The van der Waals surface area contributed by atoms with Crippen molar-refractivity contribution in [2.24, 2.45) is 4.99 Å². The molecule has 2 aromatic carbocycles. The predicted molar refractivity (Wildman–Crippen MR) is 119 cm³/mol. The normalized spacial score (nSPS) is 22.4. The first kappa shape index (κ1) is 19.3. The molecule has 3 aromatic rings. The van der Waals surface area contributed by atoms with Crippen LogP contribution in [0.2, 0.25) is 0 Å². The van der Waals surface area contributed by atoms with Crippen LogP contribution in [0.25, 0.3) is 0 Å². The van der Waals surface area contributed by atoms with E-state index in [1.165, 1.54) is 30.4 Å². The van der Waals surface area contributed by atoms with E-state index in [-0.39, 0.29) is 24.2 Å². The molecule has 0 spiro atoms. The number of H-pyrrole nitrogens is 1. The number of benzene rings is 2. The first-order valence-corrected chi connectivity index (χ1v) is 11.0. The third-order valence-corrected chi connectivity index (χ3v) is 6.75. The Hall–Kier alpha value is -3.39. The quantitative estimate of drug-likeness (QED) is 0.664. The van der Waals surface area contributed by atoms with Crippen molar-refractivity contribution in [3.05, 3.63) is 76.6 Å². The third-order valence-electron chi connectivity index (χ3n) is 6.75. The number of rotatable bonds is 4. The molecule has 3 aliphatic heterocycles. The lowest BCUT2D eigenvalue weighted by Crippen LogP contribution is -2.36. The summed E-state index contributed by atoms with van der Waals surface area (Å²) < 4.78 is 14.3. The van der Waals surface area contributed by atoms with Crippen LogP contribution in [0.1, 0.15) is 51.1 Å². The maximum atomic E-state index is 14.3. The number of carbonyl (C=O) groups excluding carboxylic acids is 1. The fraction of sp³-hybridized carbons (Fsp3) is 0.333. The second kappa shape index (κ2) is 7.63. The Morgan fingerprint density at radius 1 is 1.16 bits per heavy atom. The van der Waals surface area contributed by atoms with Crippen molar-refractivity contribution in [1.82, 2.24) is 20.1 Å². The summed E-state index contributed by atoms with van der Waals surface area (Å²) in [7, 11) is 0. The average Bonchev–Trinajstić information content (AvgIpc) is 3.24. The monoisotopic (exact) mass is 430 g/mol. The molecule has 2 unspecified atom stereocenters. The zero-order valence-corrected chi connectivity index (χ0v) is 17.5. The molecular formula is C24H23FN6O. The topological polar surface area (TPSA) is 86.3 Å². The molecule has 3 aliphatic rings. The summed E-state index contributed by atoms with van der Waals surface area (Å²) in [6.45, 7) is 3.87. The van der Waals surface area contributed by atoms with E-state index in [1.54, 1.807) is 0 Å². The van der Waals surface area contributed by atoms with Gasteiger partial charge in [-0.2, -0.15) is 5.10 Å². The molecular weight excluding hydrogens is 407 g/mol. The van der Waals surface area contributed by atoms with Crippen LogP contribution in [-0.2, 0) is 6.54 Å². The lowest BCUT2D eigenvalue weighted by atomic mass is 9.78. The first-order valence-electron chi connectivity index (χ1n) is 11.0. The highest BCUT2D eigenvalue weighted by molar-refractivity contribution is 6.20. The van der Waals surface area contributed by atoms with Gasteiger partial charge < -0.3 is 5.32 Å². The van der Waals surface area contributed by atoms with Crippen molar-refractivity contribution >= 4 is 17.2 Å². The number of hydrogen-bond donors (Lipinski definition) is 2. The van der Waals surface area contributed by atoms with E-state index in [9.17, 15) is 9.18 Å². The van der Waals surface area contributed by atoms with Gasteiger partial charge in [0.2, 0.25) is 0 Å². The lowest BCUT2D eigenvalue weighted by molar-refractivity contribution is 0.0999. The third kappa shape index (κ3) is 3.22. The van der Waals surface area contributed by atoms with E-state index in [1.807, 2.05) is 0 Å². The summed E-state index contributed by atoms with van der Waals surface area (Å²) in [6, 6.07) is 11.5. The van der Waals surface area contributed by atoms with Crippen molar-refractivity contribution < 1.29 is 9.18 Å². The minimum atomic E-state index is -0.425. The summed E-state index contributed by atoms with van der Waals surface area (Å²) in [5, 5.41) is 10.5. The van der Waals surface area contributed by atoms with Gasteiger partial charge >= 0.3 is 0 Å². The summed E-state index contributed by atoms with van der Waals surface area (Å²) in [4.78, 5) is 24.1. The Labute approximate surface area is 184 Å².